The second-order valence-electron chi connectivity index (χ2n) is 8.70. The van der Waals surface area contributed by atoms with Crippen LogP contribution in [0.3, 0.4) is 0 Å². The van der Waals surface area contributed by atoms with Gasteiger partial charge >= 0.3 is 0 Å². The van der Waals surface area contributed by atoms with Crippen LogP contribution in [-0.4, -0.2) is 66.5 Å². The van der Waals surface area contributed by atoms with E-state index in [9.17, 15) is 9.59 Å². The van der Waals surface area contributed by atoms with E-state index in [1.807, 2.05) is 0 Å². The molecule has 2 heterocycles. The third-order valence-corrected chi connectivity index (χ3v) is 7.68. The standard InChI is InChI=1S/C22H31N5O3S/c1-23-18(29)11-24-17(28)10-13-4-9-16-19(13)20-21(25-12-26-22(20)31-16)30-15-7-5-14(6-8-15)27(2)3/h12-15H,4-11H2,1-3H3,(H,23,29)(H,24,28)/t13-,14-,15-/m1/s1. The zero-order chi connectivity index (χ0) is 22.0. The van der Waals surface area contributed by atoms with Gasteiger partial charge in [-0.1, -0.05) is 0 Å². The van der Waals surface area contributed by atoms with Crippen LogP contribution in [-0.2, 0) is 16.0 Å². The van der Waals surface area contributed by atoms with E-state index in [-0.39, 0.29) is 30.4 Å². The number of nitrogens with one attached hydrogen (secondary N) is 2. The van der Waals surface area contributed by atoms with E-state index in [1.165, 1.54) is 10.4 Å². The normalized spacial score (nSPS) is 23.0. The molecule has 0 radical (unpaired) electrons. The molecular weight excluding hydrogens is 414 g/mol. The summed E-state index contributed by atoms with van der Waals surface area (Å²) in [5.74, 6) is 0.455. The summed E-state index contributed by atoms with van der Waals surface area (Å²) < 4.78 is 6.41. The number of ether oxygens (including phenoxy) is 1. The molecule has 2 aliphatic carbocycles. The van der Waals surface area contributed by atoms with Crippen LogP contribution < -0.4 is 15.4 Å². The van der Waals surface area contributed by atoms with E-state index in [1.54, 1.807) is 24.7 Å². The zero-order valence-corrected chi connectivity index (χ0v) is 19.3. The molecule has 0 unspecified atom stereocenters. The summed E-state index contributed by atoms with van der Waals surface area (Å²) in [6.07, 6.45) is 8.27. The van der Waals surface area contributed by atoms with Gasteiger partial charge in [-0.05, 0) is 64.1 Å². The Kier molecular flexibility index (Phi) is 6.71. The Morgan fingerprint density at radius 2 is 1.94 bits per heavy atom. The number of hydrogen-bond donors (Lipinski definition) is 2. The molecule has 0 aliphatic heterocycles. The van der Waals surface area contributed by atoms with Gasteiger partial charge in [-0.25, -0.2) is 9.97 Å². The van der Waals surface area contributed by atoms with Gasteiger partial charge in [0.25, 0.3) is 0 Å². The number of rotatable bonds is 7. The number of carbonyl (C=O) groups is 2. The number of nitrogens with zero attached hydrogens (tertiary/aromatic N) is 3. The minimum absolute atomic E-state index is 0.00634. The topological polar surface area (TPSA) is 96.5 Å². The van der Waals surface area contributed by atoms with Crippen molar-refractivity contribution >= 4 is 33.4 Å². The van der Waals surface area contributed by atoms with Crippen LogP contribution in [0.1, 0.15) is 54.9 Å². The summed E-state index contributed by atoms with van der Waals surface area (Å²) in [6.45, 7) is 0.00634. The first kappa shape index (κ1) is 22.0. The van der Waals surface area contributed by atoms with E-state index >= 15 is 0 Å². The van der Waals surface area contributed by atoms with Gasteiger partial charge in [0.1, 0.15) is 17.3 Å². The Labute approximate surface area is 186 Å². The number of carbonyl (C=O) groups excluding carboxylic acids is 2. The quantitative estimate of drug-likeness (QED) is 0.678. The molecule has 168 valence electrons. The lowest BCUT2D eigenvalue weighted by atomic mass is 9.92. The Balaban J connectivity index is 1.50. The summed E-state index contributed by atoms with van der Waals surface area (Å²) in [5.41, 5.74) is 1.17. The second-order valence-corrected chi connectivity index (χ2v) is 9.78. The monoisotopic (exact) mass is 445 g/mol. The molecule has 2 aromatic rings. The van der Waals surface area contributed by atoms with Gasteiger partial charge in [0, 0.05) is 24.4 Å². The van der Waals surface area contributed by atoms with Gasteiger partial charge in [0.2, 0.25) is 17.7 Å². The lowest BCUT2D eigenvalue weighted by Crippen LogP contribution is -2.35. The molecule has 0 saturated heterocycles. The molecule has 9 heteroatoms. The molecule has 1 fully saturated rings. The maximum absolute atomic E-state index is 12.4. The van der Waals surface area contributed by atoms with E-state index < -0.39 is 0 Å². The second kappa shape index (κ2) is 9.48. The van der Waals surface area contributed by atoms with Crippen molar-refractivity contribution < 1.29 is 14.3 Å². The highest BCUT2D eigenvalue weighted by atomic mass is 32.1. The average Bonchev–Trinajstić information content (AvgIpc) is 3.32. The van der Waals surface area contributed by atoms with Crippen LogP contribution in [0.15, 0.2) is 6.33 Å². The molecule has 8 nitrogen and oxygen atoms in total. The molecule has 31 heavy (non-hydrogen) atoms. The van der Waals surface area contributed by atoms with Crippen molar-refractivity contribution in [1.82, 2.24) is 25.5 Å². The lowest BCUT2D eigenvalue weighted by Gasteiger charge is -2.32. The number of likely N-dealkylation sites (N-methyl/N-ethyl adjacent to an activating group) is 1. The fourth-order valence-corrected chi connectivity index (χ4v) is 5.97. The van der Waals surface area contributed by atoms with Gasteiger partial charge in [-0.2, -0.15) is 0 Å². The molecule has 2 amide bonds. The van der Waals surface area contributed by atoms with Crippen molar-refractivity contribution in [2.75, 3.05) is 27.7 Å². The van der Waals surface area contributed by atoms with Crippen molar-refractivity contribution in [2.45, 2.75) is 63.0 Å². The third kappa shape index (κ3) is 4.82. The van der Waals surface area contributed by atoms with Crippen molar-refractivity contribution in [3.8, 4) is 5.88 Å². The minimum atomic E-state index is -0.200. The Bertz CT molecular complexity index is 952. The number of aryl methyl sites for hydroxylation is 1. The molecule has 0 bridgehead atoms. The van der Waals surface area contributed by atoms with Crippen LogP contribution >= 0.6 is 11.3 Å². The summed E-state index contributed by atoms with van der Waals surface area (Å²) >= 11 is 1.69. The Morgan fingerprint density at radius 3 is 2.65 bits per heavy atom. The van der Waals surface area contributed by atoms with Crippen molar-refractivity contribution in [3.05, 3.63) is 16.8 Å². The van der Waals surface area contributed by atoms with Crippen LogP contribution in [0.5, 0.6) is 5.88 Å². The van der Waals surface area contributed by atoms with E-state index in [4.69, 9.17) is 4.74 Å². The lowest BCUT2D eigenvalue weighted by molar-refractivity contribution is -0.126. The summed E-state index contributed by atoms with van der Waals surface area (Å²) in [7, 11) is 5.84. The molecule has 1 saturated carbocycles. The van der Waals surface area contributed by atoms with E-state index in [0.717, 1.165) is 48.7 Å². The van der Waals surface area contributed by atoms with Gasteiger partial charge in [-0.3, -0.25) is 9.59 Å². The van der Waals surface area contributed by atoms with Gasteiger partial charge in [-0.15, -0.1) is 11.3 Å². The summed E-state index contributed by atoms with van der Waals surface area (Å²) in [4.78, 5) is 37.3. The Morgan fingerprint density at radius 1 is 1.16 bits per heavy atom. The van der Waals surface area contributed by atoms with E-state index in [2.05, 4.69) is 39.6 Å². The number of hydrogen-bond acceptors (Lipinski definition) is 7. The summed E-state index contributed by atoms with van der Waals surface area (Å²) in [5, 5.41) is 6.21. The molecule has 0 spiro atoms. The molecule has 4 rings (SSSR count). The Hall–Kier alpha value is -2.26. The third-order valence-electron chi connectivity index (χ3n) is 6.50. The predicted octanol–water partition coefficient (Wildman–Crippen LogP) is 2.22. The highest BCUT2D eigenvalue weighted by Gasteiger charge is 2.32. The molecule has 0 aromatic carbocycles. The maximum Gasteiger partial charge on any atom is 0.239 e. The molecule has 2 N–H and O–H groups in total. The molecular formula is C22H31N5O3S. The zero-order valence-electron chi connectivity index (χ0n) is 18.4. The highest BCUT2D eigenvalue weighted by Crippen LogP contribution is 2.47. The van der Waals surface area contributed by atoms with Crippen LogP contribution in [0.2, 0.25) is 0 Å². The van der Waals surface area contributed by atoms with Crippen LogP contribution in [0.4, 0.5) is 0 Å². The van der Waals surface area contributed by atoms with Crippen molar-refractivity contribution in [1.29, 1.82) is 0 Å². The first-order valence-corrected chi connectivity index (χ1v) is 11.8. The SMILES string of the molecule is CNC(=O)CNC(=O)C[C@H]1CCc2sc3ncnc(O[C@H]4CC[C@H](N(C)C)CC4)c3c21. The minimum Gasteiger partial charge on any atom is -0.474 e. The number of aromatic nitrogens is 2. The molecule has 1 atom stereocenters. The highest BCUT2D eigenvalue weighted by molar-refractivity contribution is 7.19. The maximum atomic E-state index is 12.4. The van der Waals surface area contributed by atoms with Crippen molar-refractivity contribution in [2.24, 2.45) is 0 Å². The first-order valence-electron chi connectivity index (χ1n) is 11.0. The van der Waals surface area contributed by atoms with Gasteiger partial charge in [0.15, 0.2) is 0 Å². The summed E-state index contributed by atoms with van der Waals surface area (Å²) in [6, 6.07) is 0.619. The number of fused-ring (bicyclic) bond motifs is 3. The average molecular weight is 446 g/mol. The van der Waals surface area contributed by atoms with Crippen molar-refractivity contribution in [3.63, 3.8) is 0 Å². The van der Waals surface area contributed by atoms with Gasteiger partial charge < -0.3 is 20.3 Å². The number of thiophene rings is 1. The largest absolute Gasteiger partial charge is 0.474 e. The van der Waals surface area contributed by atoms with Crippen LogP contribution in [0.25, 0.3) is 10.2 Å². The predicted molar refractivity (Wildman–Crippen MR) is 121 cm³/mol. The molecule has 2 aliphatic rings. The fourth-order valence-electron chi connectivity index (χ4n) is 4.73. The van der Waals surface area contributed by atoms with Gasteiger partial charge in [0.05, 0.1) is 11.9 Å². The first-order chi connectivity index (χ1) is 15.0. The number of amides is 2. The molecule has 2 aromatic heterocycles. The fraction of sp³-hybridized carbons (Fsp3) is 0.636. The smallest absolute Gasteiger partial charge is 0.239 e. The van der Waals surface area contributed by atoms with Crippen LogP contribution in [0, 0.1) is 0 Å². The van der Waals surface area contributed by atoms with E-state index in [0.29, 0.717) is 18.3 Å².